The first kappa shape index (κ1) is 38.8. The van der Waals surface area contributed by atoms with Crippen molar-refractivity contribution in [2.45, 2.75) is 125 Å². The molecule has 236 valence electrons. The molecule has 0 aliphatic rings. The van der Waals surface area contributed by atoms with E-state index in [1.807, 2.05) is 23.6 Å². The van der Waals surface area contributed by atoms with Crippen molar-refractivity contribution in [1.29, 1.82) is 0 Å². The van der Waals surface area contributed by atoms with E-state index in [1.54, 1.807) is 11.8 Å². The van der Waals surface area contributed by atoms with E-state index >= 15 is 0 Å². The molecule has 0 saturated carbocycles. The van der Waals surface area contributed by atoms with Crippen LogP contribution in [-0.2, 0) is 19.2 Å². The van der Waals surface area contributed by atoms with Crippen LogP contribution >= 0.6 is 11.8 Å². The van der Waals surface area contributed by atoms with Crippen molar-refractivity contribution >= 4 is 35.5 Å². The molecule has 0 aliphatic heterocycles. The molecule has 41 heavy (non-hydrogen) atoms. The van der Waals surface area contributed by atoms with Gasteiger partial charge in [0.2, 0.25) is 17.7 Å². The first-order valence-electron chi connectivity index (χ1n) is 14.9. The number of carbonyl (C=O) groups excluding carboxylic acids is 3. The number of rotatable bonds is 20. The van der Waals surface area contributed by atoms with Gasteiger partial charge in [0.15, 0.2) is 0 Å². The van der Waals surface area contributed by atoms with Crippen LogP contribution in [0, 0.1) is 23.2 Å². The zero-order valence-corrected chi connectivity index (χ0v) is 28.3. The molecule has 0 heterocycles. The van der Waals surface area contributed by atoms with Gasteiger partial charge in [-0.05, 0) is 46.0 Å². The van der Waals surface area contributed by atoms with Gasteiger partial charge >= 0.3 is 5.97 Å². The number of thioether (sulfide) groups is 1. The molecule has 0 unspecified atom stereocenters. The average molecular weight is 596 g/mol. The van der Waals surface area contributed by atoms with E-state index in [4.69, 9.17) is 11.5 Å². The predicted octanol–water partition coefficient (Wildman–Crippen LogP) is 5.59. The quantitative estimate of drug-likeness (QED) is 0.140. The van der Waals surface area contributed by atoms with Crippen molar-refractivity contribution in [3.05, 3.63) is 0 Å². The Labute approximate surface area is 254 Å². The molecule has 0 aliphatic carbocycles. The highest BCUT2D eigenvalue weighted by Gasteiger charge is 2.47. The Bertz CT molecular complexity index is 921. The topological polar surface area (TPSA) is 107 Å². The van der Waals surface area contributed by atoms with E-state index in [2.05, 4.69) is 66.6 Å². The van der Waals surface area contributed by atoms with Gasteiger partial charge in [-0.25, -0.2) is 0 Å². The molecular weight excluding hydrogens is 538 g/mol. The number of carbonyl (C=O) groups is 4. The maximum absolute atomic E-state index is 13.3. The van der Waals surface area contributed by atoms with Gasteiger partial charge < -0.3 is 20.2 Å². The van der Waals surface area contributed by atoms with E-state index in [1.165, 1.54) is 0 Å². The molecule has 0 bridgehead atoms. The van der Waals surface area contributed by atoms with Crippen molar-refractivity contribution < 1.29 is 24.3 Å². The molecule has 0 aromatic heterocycles. The first-order chi connectivity index (χ1) is 18.8. The lowest BCUT2D eigenvalue weighted by molar-refractivity contribution is -0.146. The molecule has 0 fully saturated rings. The van der Waals surface area contributed by atoms with E-state index < -0.39 is 22.5 Å². The third kappa shape index (κ3) is 11.5. The highest BCUT2D eigenvalue weighted by atomic mass is 32.2. The van der Waals surface area contributed by atoms with Crippen LogP contribution in [0.4, 0.5) is 0 Å². The van der Waals surface area contributed by atoms with Crippen LogP contribution in [0.3, 0.4) is 0 Å². The van der Waals surface area contributed by atoms with Crippen LogP contribution in [0.2, 0.25) is 0 Å². The minimum atomic E-state index is -0.819. The standard InChI is InChI=1S/C32H57N3O5S/c1-12-15-16-17-25(36)33-24-30(6,7)32(10,11)34(26(37)13-2)20-19-29(4,5)31(8,9)35(27(38)14-3)21-23-41-22-18-28(39)40/h1H,13-24H2,2-11H3,(H,33,36)(H,39,40). The Hall–Kier alpha value is -2.21. The van der Waals surface area contributed by atoms with E-state index in [0.29, 0.717) is 69.7 Å². The lowest BCUT2D eigenvalue weighted by Gasteiger charge is -2.53. The summed E-state index contributed by atoms with van der Waals surface area (Å²) in [6, 6.07) is 0. The Kier molecular flexibility index (Phi) is 16.1. The molecule has 0 aromatic rings. The number of carboxylic acids is 1. The van der Waals surface area contributed by atoms with Crippen molar-refractivity contribution in [2.24, 2.45) is 10.8 Å². The SMILES string of the molecule is C#CCCCC(=O)NCC(C)(C)C(C)(C)N(CCC(C)(C)C(C)(C)N(CCSCCC(=O)O)C(=O)CC)C(=O)CC. The number of hydrogen-bond donors (Lipinski definition) is 2. The fourth-order valence-corrected chi connectivity index (χ4v) is 5.47. The van der Waals surface area contributed by atoms with Gasteiger partial charge in [-0.1, -0.05) is 41.5 Å². The zero-order chi connectivity index (χ0) is 32.1. The molecule has 0 radical (unpaired) electrons. The largest absolute Gasteiger partial charge is 0.481 e. The van der Waals surface area contributed by atoms with Crippen LogP contribution in [0.15, 0.2) is 0 Å². The second-order valence-corrected chi connectivity index (χ2v) is 14.2. The number of terminal acetylenes is 1. The molecule has 8 nitrogen and oxygen atoms in total. The highest BCUT2D eigenvalue weighted by Crippen LogP contribution is 2.42. The summed E-state index contributed by atoms with van der Waals surface area (Å²) >= 11 is 1.54. The molecule has 9 heteroatoms. The number of hydrogen-bond acceptors (Lipinski definition) is 5. The van der Waals surface area contributed by atoms with Gasteiger partial charge in [-0.15, -0.1) is 12.3 Å². The lowest BCUT2D eigenvalue weighted by atomic mass is 9.69. The number of aliphatic carboxylic acids is 1. The van der Waals surface area contributed by atoms with Gasteiger partial charge in [0.25, 0.3) is 0 Å². The summed E-state index contributed by atoms with van der Waals surface area (Å²) in [6.45, 7) is 21.9. The average Bonchev–Trinajstić information content (AvgIpc) is 2.88. The van der Waals surface area contributed by atoms with Crippen LogP contribution in [0.1, 0.15) is 114 Å². The van der Waals surface area contributed by atoms with Crippen LogP contribution in [0.25, 0.3) is 0 Å². The predicted molar refractivity (Wildman–Crippen MR) is 170 cm³/mol. The number of nitrogens with zero attached hydrogens (tertiary/aromatic N) is 2. The van der Waals surface area contributed by atoms with Gasteiger partial charge in [0, 0.05) is 73.3 Å². The molecule has 0 spiro atoms. The van der Waals surface area contributed by atoms with Gasteiger partial charge in [-0.2, -0.15) is 11.8 Å². The second kappa shape index (κ2) is 17.0. The first-order valence-corrected chi connectivity index (χ1v) is 16.1. The monoisotopic (exact) mass is 595 g/mol. The normalized spacial score (nSPS) is 12.4. The fraction of sp³-hybridized carbons (Fsp3) is 0.812. The maximum Gasteiger partial charge on any atom is 0.304 e. The third-order valence-corrected chi connectivity index (χ3v) is 10.2. The molecule has 0 aromatic carbocycles. The third-order valence-electron chi connectivity index (χ3n) is 9.20. The molecular formula is C32H57N3O5S. The van der Waals surface area contributed by atoms with E-state index in [-0.39, 0.29) is 29.6 Å². The van der Waals surface area contributed by atoms with E-state index in [0.717, 1.165) is 0 Å². The summed E-state index contributed by atoms with van der Waals surface area (Å²) in [5.74, 6) is 2.98. The summed E-state index contributed by atoms with van der Waals surface area (Å²) in [5.41, 5.74) is -1.84. The van der Waals surface area contributed by atoms with Crippen molar-refractivity contribution in [3.8, 4) is 12.3 Å². The maximum atomic E-state index is 13.3. The summed E-state index contributed by atoms with van der Waals surface area (Å²) in [7, 11) is 0. The minimum Gasteiger partial charge on any atom is -0.481 e. The van der Waals surface area contributed by atoms with Crippen LogP contribution in [0.5, 0.6) is 0 Å². The van der Waals surface area contributed by atoms with E-state index in [9.17, 15) is 19.2 Å². The molecule has 0 saturated heterocycles. The molecule has 2 N–H and O–H groups in total. The Morgan fingerprint density at radius 1 is 0.805 bits per heavy atom. The Balaban J connectivity index is 5.78. The smallest absolute Gasteiger partial charge is 0.304 e. The number of nitrogens with one attached hydrogen (secondary N) is 1. The number of unbranched alkanes of at least 4 members (excludes halogenated alkanes) is 1. The van der Waals surface area contributed by atoms with Crippen molar-refractivity contribution in [1.82, 2.24) is 15.1 Å². The number of carboxylic acid groups (broad SMARTS) is 1. The molecule has 0 rings (SSSR count). The van der Waals surface area contributed by atoms with Crippen molar-refractivity contribution in [3.63, 3.8) is 0 Å². The summed E-state index contributed by atoms with van der Waals surface area (Å²) in [4.78, 5) is 53.5. The Morgan fingerprint density at radius 3 is 1.80 bits per heavy atom. The van der Waals surface area contributed by atoms with Crippen LogP contribution < -0.4 is 5.32 Å². The number of amides is 3. The summed E-state index contributed by atoms with van der Waals surface area (Å²) in [6.07, 6.45) is 8.42. The minimum absolute atomic E-state index is 0.0396. The second-order valence-electron chi connectivity index (χ2n) is 13.0. The van der Waals surface area contributed by atoms with Crippen molar-refractivity contribution in [2.75, 3.05) is 31.1 Å². The van der Waals surface area contributed by atoms with Gasteiger partial charge in [-0.3, -0.25) is 19.2 Å². The lowest BCUT2D eigenvalue weighted by Crippen LogP contribution is -2.61. The summed E-state index contributed by atoms with van der Waals surface area (Å²) in [5, 5.41) is 12.0. The van der Waals surface area contributed by atoms with Crippen LogP contribution in [-0.4, -0.2) is 80.8 Å². The highest BCUT2D eigenvalue weighted by molar-refractivity contribution is 7.99. The summed E-state index contributed by atoms with van der Waals surface area (Å²) < 4.78 is 0. The molecule has 0 atom stereocenters. The van der Waals surface area contributed by atoms with Gasteiger partial charge in [0.05, 0.1) is 6.42 Å². The fourth-order valence-electron chi connectivity index (χ4n) is 4.63. The zero-order valence-electron chi connectivity index (χ0n) is 27.4. The van der Waals surface area contributed by atoms with Gasteiger partial charge in [0.1, 0.15) is 0 Å². The molecule has 3 amide bonds. The Morgan fingerprint density at radius 2 is 1.32 bits per heavy atom.